The number of carbonyl (C=O) groups is 1. The van der Waals surface area contributed by atoms with Crippen molar-refractivity contribution in [1.82, 2.24) is 14.9 Å². The summed E-state index contributed by atoms with van der Waals surface area (Å²) in [6.45, 7) is 0.481. The molecule has 0 bridgehead atoms. The van der Waals surface area contributed by atoms with Crippen LogP contribution < -0.4 is 5.32 Å². The van der Waals surface area contributed by atoms with E-state index in [2.05, 4.69) is 40.6 Å². The molecule has 0 saturated carbocycles. The van der Waals surface area contributed by atoms with E-state index in [4.69, 9.17) is 0 Å². The van der Waals surface area contributed by atoms with E-state index in [1.807, 2.05) is 77.5 Å². The average Bonchev–Trinajstić information content (AvgIpc) is 3.34. The van der Waals surface area contributed by atoms with Gasteiger partial charge in [0, 0.05) is 24.5 Å². The van der Waals surface area contributed by atoms with Gasteiger partial charge in [-0.2, -0.15) is 0 Å². The van der Waals surface area contributed by atoms with Crippen LogP contribution in [0.5, 0.6) is 0 Å². The number of rotatable bonds is 7. The first-order chi connectivity index (χ1) is 14.8. The van der Waals surface area contributed by atoms with Crippen molar-refractivity contribution in [3.05, 3.63) is 126 Å². The molecule has 0 fully saturated rings. The molecule has 148 valence electrons. The van der Waals surface area contributed by atoms with Gasteiger partial charge in [0.05, 0.1) is 12.4 Å². The summed E-state index contributed by atoms with van der Waals surface area (Å²) in [4.78, 5) is 16.8. The van der Waals surface area contributed by atoms with Gasteiger partial charge >= 0.3 is 0 Å². The first-order valence-corrected chi connectivity index (χ1v) is 9.93. The van der Waals surface area contributed by atoms with E-state index in [1.54, 1.807) is 12.5 Å². The maximum absolute atomic E-state index is 12.7. The zero-order valence-corrected chi connectivity index (χ0v) is 16.6. The molecule has 1 heterocycles. The summed E-state index contributed by atoms with van der Waals surface area (Å²) in [5, 5.41) is 3.06. The maximum Gasteiger partial charge on any atom is 0.251 e. The van der Waals surface area contributed by atoms with Crippen molar-refractivity contribution in [3.63, 3.8) is 0 Å². The predicted octanol–water partition coefficient (Wildman–Crippen LogP) is 5.07. The highest BCUT2D eigenvalue weighted by atomic mass is 16.1. The van der Waals surface area contributed by atoms with Crippen LogP contribution in [0.3, 0.4) is 0 Å². The Morgan fingerprint density at radius 3 is 2.13 bits per heavy atom. The van der Waals surface area contributed by atoms with Crippen molar-refractivity contribution in [2.45, 2.75) is 6.04 Å². The monoisotopic (exact) mass is 393 g/mol. The fourth-order valence-corrected chi connectivity index (χ4v) is 3.32. The van der Waals surface area contributed by atoms with Gasteiger partial charge in [-0.15, -0.1) is 0 Å². The number of nitrogens with zero attached hydrogens (tertiary/aromatic N) is 2. The van der Waals surface area contributed by atoms with Crippen LogP contribution in [-0.4, -0.2) is 22.0 Å². The molecule has 4 aromatic rings. The number of amides is 1. The first-order valence-electron chi connectivity index (χ1n) is 9.93. The van der Waals surface area contributed by atoms with E-state index >= 15 is 0 Å². The molecule has 1 aromatic heterocycles. The van der Waals surface area contributed by atoms with Gasteiger partial charge in [0.25, 0.3) is 5.91 Å². The SMILES string of the molecule is O=C(NCC(c1ccccc1)n1ccnc1)c1ccc(/C=C/c2ccccc2)cc1. The second-order valence-corrected chi connectivity index (χ2v) is 7.01. The van der Waals surface area contributed by atoms with Gasteiger partial charge in [-0.3, -0.25) is 4.79 Å². The van der Waals surface area contributed by atoms with Crippen LogP contribution in [-0.2, 0) is 0 Å². The lowest BCUT2D eigenvalue weighted by molar-refractivity contribution is 0.0950. The molecule has 0 aliphatic rings. The normalized spacial score (nSPS) is 12.0. The van der Waals surface area contributed by atoms with E-state index in [0.29, 0.717) is 12.1 Å². The molecule has 1 amide bonds. The minimum absolute atomic E-state index is 0.00858. The Morgan fingerprint density at radius 1 is 0.867 bits per heavy atom. The highest BCUT2D eigenvalue weighted by Crippen LogP contribution is 2.17. The van der Waals surface area contributed by atoms with E-state index in [9.17, 15) is 4.79 Å². The maximum atomic E-state index is 12.7. The third kappa shape index (κ3) is 4.92. The largest absolute Gasteiger partial charge is 0.350 e. The van der Waals surface area contributed by atoms with Crippen molar-refractivity contribution in [3.8, 4) is 0 Å². The van der Waals surface area contributed by atoms with Crippen LogP contribution in [0.25, 0.3) is 12.2 Å². The summed E-state index contributed by atoms with van der Waals surface area (Å²) in [7, 11) is 0. The topological polar surface area (TPSA) is 46.9 Å². The molecule has 1 unspecified atom stereocenters. The lowest BCUT2D eigenvalue weighted by atomic mass is 10.1. The summed E-state index contributed by atoms with van der Waals surface area (Å²) < 4.78 is 2.01. The molecule has 4 nitrogen and oxygen atoms in total. The Morgan fingerprint density at radius 2 is 1.50 bits per heavy atom. The van der Waals surface area contributed by atoms with E-state index in [1.165, 1.54) is 0 Å². The molecule has 3 aromatic carbocycles. The molecule has 4 heteroatoms. The number of nitrogens with one attached hydrogen (secondary N) is 1. The van der Waals surface area contributed by atoms with Gasteiger partial charge in [0.2, 0.25) is 0 Å². The number of hydrogen-bond acceptors (Lipinski definition) is 2. The third-order valence-corrected chi connectivity index (χ3v) is 4.97. The first kappa shape index (κ1) is 19.4. The van der Waals surface area contributed by atoms with Crippen molar-refractivity contribution in [2.24, 2.45) is 0 Å². The number of benzene rings is 3. The Hall–Kier alpha value is -3.92. The van der Waals surface area contributed by atoms with Crippen molar-refractivity contribution in [2.75, 3.05) is 6.54 Å². The molecule has 0 aliphatic carbocycles. The molecular weight excluding hydrogens is 370 g/mol. The van der Waals surface area contributed by atoms with E-state index < -0.39 is 0 Å². The smallest absolute Gasteiger partial charge is 0.251 e. The van der Waals surface area contributed by atoms with Crippen LogP contribution in [0.2, 0.25) is 0 Å². The van der Waals surface area contributed by atoms with Crippen LogP contribution in [0.1, 0.15) is 33.1 Å². The minimum atomic E-state index is -0.0883. The van der Waals surface area contributed by atoms with Gasteiger partial charge < -0.3 is 9.88 Å². The van der Waals surface area contributed by atoms with Crippen LogP contribution in [0.15, 0.2) is 104 Å². The quantitative estimate of drug-likeness (QED) is 0.446. The molecule has 4 rings (SSSR count). The second kappa shape index (κ2) is 9.52. The van der Waals surface area contributed by atoms with Crippen LogP contribution in [0.4, 0.5) is 0 Å². The zero-order chi connectivity index (χ0) is 20.6. The molecule has 30 heavy (non-hydrogen) atoms. The number of imidazole rings is 1. The highest BCUT2D eigenvalue weighted by Gasteiger charge is 2.15. The third-order valence-electron chi connectivity index (χ3n) is 4.97. The van der Waals surface area contributed by atoms with E-state index in [-0.39, 0.29) is 11.9 Å². The second-order valence-electron chi connectivity index (χ2n) is 7.01. The minimum Gasteiger partial charge on any atom is -0.350 e. The molecule has 1 N–H and O–H groups in total. The number of carbonyl (C=O) groups excluding carboxylic acids is 1. The highest BCUT2D eigenvalue weighted by molar-refractivity contribution is 5.94. The Bertz CT molecular complexity index is 1090. The standard InChI is InChI=1S/C26H23N3O/c30-26(24-15-13-22(14-16-24)12-11-21-7-3-1-4-8-21)28-19-25(29-18-17-27-20-29)23-9-5-2-6-10-23/h1-18,20,25H,19H2,(H,28,30)/b12-11+. The van der Waals surface area contributed by atoms with Gasteiger partial charge in [0.1, 0.15) is 0 Å². The van der Waals surface area contributed by atoms with Crippen molar-refractivity contribution in [1.29, 1.82) is 0 Å². The summed E-state index contributed by atoms with van der Waals surface area (Å²) >= 11 is 0. The number of hydrogen-bond donors (Lipinski definition) is 1. The molecule has 0 spiro atoms. The number of aromatic nitrogens is 2. The van der Waals surface area contributed by atoms with Gasteiger partial charge in [0.15, 0.2) is 0 Å². The van der Waals surface area contributed by atoms with Crippen molar-refractivity contribution < 1.29 is 4.79 Å². The average molecular weight is 393 g/mol. The fourth-order valence-electron chi connectivity index (χ4n) is 3.32. The summed E-state index contributed by atoms with van der Waals surface area (Å²) in [6.07, 6.45) is 9.54. The van der Waals surface area contributed by atoms with E-state index in [0.717, 1.165) is 16.7 Å². The summed E-state index contributed by atoms with van der Waals surface area (Å²) in [5.41, 5.74) is 3.96. The van der Waals surface area contributed by atoms with Crippen LogP contribution >= 0.6 is 0 Å². The molecule has 0 radical (unpaired) electrons. The summed E-state index contributed by atoms with van der Waals surface area (Å²) in [6, 6.07) is 27.9. The Balaban J connectivity index is 1.41. The van der Waals surface area contributed by atoms with Gasteiger partial charge in [-0.05, 0) is 28.8 Å². The lowest BCUT2D eigenvalue weighted by Gasteiger charge is -2.19. The van der Waals surface area contributed by atoms with Crippen LogP contribution in [0, 0.1) is 0 Å². The summed E-state index contributed by atoms with van der Waals surface area (Å²) in [5.74, 6) is -0.0883. The molecule has 0 aliphatic heterocycles. The Kier molecular flexibility index (Phi) is 6.16. The molecule has 0 saturated heterocycles. The molecular formula is C26H23N3O. The predicted molar refractivity (Wildman–Crippen MR) is 121 cm³/mol. The van der Waals surface area contributed by atoms with Gasteiger partial charge in [-0.25, -0.2) is 4.98 Å². The lowest BCUT2D eigenvalue weighted by Crippen LogP contribution is -2.31. The molecule has 1 atom stereocenters. The zero-order valence-electron chi connectivity index (χ0n) is 16.6. The fraction of sp³-hybridized carbons (Fsp3) is 0.0769. The van der Waals surface area contributed by atoms with Gasteiger partial charge in [-0.1, -0.05) is 84.9 Å². The van der Waals surface area contributed by atoms with Crippen molar-refractivity contribution >= 4 is 18.1 Å². The Labute approximate surface area is 176 Å².